The highest BCUT2D eigenvalue weighted by molar-refractivity contribution is 5.76. The summed E-state index contributed by atoms with van der Waals surface area (Å²) in [5, 5.41) is 0. The highest BCUT2D eigenvalue weighted by Crippen LogP contribution is 2.26. The third-order valence-corrected chi connectivity index (χ3v) is 3.06. The molecule has 0 N–H and O–H groups in total. The van der Waals surface area contributed by atoms with E-state index in [0.717, 1.165) is 5.56 Å². The molecule has 1 aromatic carbocycles. The van der Waals surface area contributed by atoms with Gasteiger partial charge in [0.2, 0.25) is 5.91 Å². The van der Waals surface area contributed by atoms with Crippen molar-refractivity contribution in [1.82, 2.24) is 4.90 Å². The number of amides is 1. The summed E-state index contributed by atoms with van der Waals surface area (Å²) in [4.78, 5) is 13.4. The molecule has 0 aromatic heterocycles. The smallest absolute Gasteiger partial charge is 0.406 e. The van der Waals surface area contributed by atoms with E-state index in [9.17, 15) is 18.0 Å². The Morgan fingerprint density at radius 1 is 1.30 bits per heavy atom. The van der Waals surface area contributed by atoms with Crippen LogP contribution in [0.3, 0.4) is 0 Å². The number of carbonyl (C=O) groups excluding carboxylic acids is 1. The first kappa shape index (κ1) is 16.3. The van der Waals surface area contributed by atoms with E-state index in [2.05, 4.69) is 4.74 Å². The molecule has 20 heavy (non-hydrogen) atoms. The van der Waals surface area contributed by atoms with E-state index in [0.29, 0.717) is 13.0 Å². The molecular formula is C14H18F3NO2. The Morgan fingerprint density at radius 2 is 1.85 bits per heavy atom. The Kier molecular flexibility index (Phi) is 5.42. The van der Waals surface area contributed by atoms with Crippen LogP contribution in [0.25, 0.3) is 0 Å². The fourth-order valence-corrected chi connectivity index (χ4v) is 1.71. The average Bonchev–Trinajstić information content (AvgIpc) is 2.36. The van der Waals surface area contributed by atoms with Crippen molar-refractivity contribution in [2.24, 2.45) is 0 Å². The molecule has 1 aromatic rings. The van der Waals surface area contributed by atoms with Crippen LogP contribution in [0.2, 0.25) is 0 Å². The number of carbonyl (C=O) groups is 1. The van der Waals surface area contributed by atoms with Gasteiger partial charge in [-0.1, -0.05) is 19.1 Å². The lowest BCUT2D eigenvalue weighted by molar-refractivity contribution is -0.274. The van der Waals surface area contributed by atoms with Crippen molar-refractivity contribution in [1.29, 1.82) is 0 Å². The zero-order chi connectivity index (χ0) is 15.3. The molecule has 0 aliphatic heterocycles. The van der Waals surface area contributed by atoms with Gasteiger partial charge < -0.3 is 9.64 Å². The van der Waals surface area contributed by atoms with E-state index in [4.69, 9.17) is 0 Å². The van der Waals surface area contributed by atoms with Gasteiger partial charge in [-0.3, -0.25) is 4.79 Å². The maximum atomic E-state index is 12.0. The van der Waals surface area contributed by atoms with Crippen LogP contribution in [0.4, 0.5) is 13.2 Å². The molecule has 1 amide bonds. The summed E-state index contributed by atoms with van der Waals surface area (Å²) in [5.74, 6) is -0.308. The predicted molar refractivity (Wildman–Crippen MR) is 69.5 cm³/mol. The van der Waals surface area contributed by atoms with E-state index in [-0.39, 0.29) is 17.6 Å². The van der Waals surface area contributed by atoms with Crippen molar-refractivity contribution in [3.05, 3.63) is 29.8 Å². The number of hydrogen-bond acceptors (Lipinski definition) is 2. The maximum Gasteiger partial charge on any atom is 0.573 e. The van der Waals surface area contributed by atoms with Gasteiger partial charge in [-0.15, -0.1) is 13.2 Å². The van der Waals surface area contributed by atoms with Gasteiger partial charge in [-0.2, -0.15) is 0 Å². The van der Waals surface area contributed by atoms with Crippen LogP contribution in [0.5, 0.6) is 5.75 Å². The first-order chi connectivity index (χ1) is 9.23. The molecule has 6 heteroatoms. The van der Waals surface area contributed by atoms with E-state index in [1.165, 1.54) is 12.1 Å². The average molecular weight is 289 g/mol. The normalized spacial score (nSPS) is 12.9. The second-order valence-corrected chi connectivity index (χ2v) is 4.63. The van der Waals surface area contributed by atoms with Crippen LogP contribution < -0.4 is 4.74 Å². The molecule has 3 nitrogen and oxygen atoms in total. The van der Waals surface area contributed by atoms with Crippen molar-refractivity contribution in [2.75, 3.05) is 13.6 Å². The molecule has 0 heterocycles. The van der Waals surface area contributed by atoms with Crippen molar-refractivity contribution in [3.63, 3.8) is 0 Å². The molecule has 112 valence electrons. The molecule has 1 atom stereocenters. The molecule has 1 unspecified atom stereocenters. The Morgan fingerprint density at radius 3 is 2.30 bits per heavy atom. The monoisotopic (exact) mass is 289 g/mol. The van der Waals surface area contributed by atoms with Crippen LogP contribution in [-0.2, 0) is 4.79 Å². The third kappa shape index (κ3) is 5.11. The largest absolute Gasteiger partial charge is 0.573 e. The summed E-state index contributed by atoms with van der Waals surface area (Å²) in [6, 6.07) is 5.61. The van der Waals surface area contributed by atoms with Crippen molar-refractivity contribution < 1.29 is 22.7 Å². The van der Waals surface area contributed by atoms with Gasteiger partial charge in [0.05, 0.1) is 0 Å². The number of halogens is 3. The molecule has 0 radical (unpaired) electrons. The number of benzene rings is 1. The lowest BCUT2D eigenvalue weighted by atomic mass is 9.97. The molecule has 0 aliphatic rings. The van der Waals surface area contributed by atoms with Crippen LogP contribution in [-0.4, -0.2) is 30.8 Å². The minimum absolute atomic E-state index is 0.00983. The van der Waals surface area contributed by atoms with Gasteiger partial charge in [-0.25, -0.2) is 0 Å². The van der Waals surface area contributed by atoms with Crippen LogP contribution in [0.15, 0.2) is 24.3 Å². The third-order valence-electron chi connectivity index (χ3n) is 3.06. The molecule has 0 aliphatic carbocycles. The minimum Gasteiger partial charge on any atom is -0.406 e. The lowest BCUT2D eigenvalue weighted by Crippen LogP contribution is -2.27. The number of alkyl halides is 3. The summed E-state index contributed by atoms with van der Waals surface area (Å²) < 4.78 is 39.9. The molecule has 1 rings (SSSR count). The summed E-state index contributed by atoms with van der Waals surface area (Å²) in [6.45, 7) is 4.37. The van der Waals surface area contributed by atoms with Crippen molar-refractivity contribution >= 4 is 5.91 Å². The van der Waals surface area contributed by atoms with Crippen molar-refractivity contribution in [3.8, 4) is 5.75 Å². The van der Waals surface area contributed by atoms with Gasteiger partial charge in [0.15, 0.2) is 0 Å². The fraction of sp³-hybridized carbons (Fsp3) is 0.500. The number of nitrogens with zero attached hydrogens (tertiary/aromatic N) is 1. The van der Waals surface area contributed by atoms with Crippen LogP contribution in [0, 0.1) is 0 Å². The molecule has 0 spiro atoms. The Bertz CT molecular complexity index is 443. The Balaban J connectivity index is 2.66. The molecule has 0 bridgehead atoms. The molecule has 0 saturated heterocycles. The van der Waals surface area contributed by atoms with Gasteiger partial charge in [0.25, 0.3) is 0 Å². The quantitative estimate of drug-likeness (QED) is 0.829. The highest BCUT2D eigenvalue weighted by atomic mass is 19.4. The number of hydrogen-bond donors (Lipinski definition) is 0. The second kappa shape index (κ2) is 6.63. The van der Waals surface area contributed by atoms with Crippen LogP contribution >= 0.6 is 0 Å². The Labute approximate surface area is 116 Å². The van der Waals surface area contributed by atoms with Gasteiger partial charge >= 0.3 is 6.36 Å². The Hall–Kier alpha value is -1.72. The van der Waals surface area contributed by atoms with Gasteiger partial charge in [0.1, 0.15) is 5.75 Å². The first-order valence-corrected chi connectivity index (χ1v) is 6.32. The topological polar surface area (TPSA) is 29.5 Å². The van der Waals surface area contributed by atoms with Gasteiger partial charge in [0, 0.05) is 20.0 Å². The molecular weight excluding hydrogens is 271 g/mol. The lowest BCUT2D eigenvalue weighted by Gasteiger charge is -2.18. The summed E-state index contributed by atoms with van der Waals surface area (Å²) in [6.07, 6.45) is -4.36. The standard InChI is InChI=1S/C14H18F3NO2/c1-4-18(3)13(19)9-10(2)11-5-7-12(8-6-11)20-14(15,16)17/h5-8,10H,4,9H2,1-3H3. The number of rotatable bonds is 5. The maximum absolute atomic E-state index is 12.0. The van der Waals surface area contributed by atoms with E-state index in [1.807, 2.05) is 13.8 Å². The predicted octanol–water partition coefficient (Wildman–Crippen LogP) is 3.56. The highest BCUT2D eigenvalue weighted by Gasteiger charge is 2.31. The second-order valence-electron chi connectivity index (χ2n) is 4.63. The summed E-state index contributed by atoms with van der Waals surface area (Å²) in [7, 11) is 1.72. The number of ether oxygens (including phenoxy) is 1. The summed E-state index contributed by atoms with van der Waals surface area (Å²) >= 11 is 0. The first-order valence-electron chi connectivity index (χ1n) is 6.32. The SMILES string of the molecule is CCN(C)C(=O)CC(C)c1ccc(OC(F)(F)F)cc1. The molecule has 0 saturated carbocycles. The fourth-order valence-electron chi connectivity index (χ4n) is 1.71. The van der Waals surface area contributed by atoms with E-state index < -0.39 is 6.36 Å². The van der Waals surface area contributed by atoms with Crippen molar-refractivity contribution in [2.45, 2.75) is 32.5 Å². The zero-order valence-electron chi connectivity index (χ0n) is 11.7. The minimum atomic E-state index is -4.69. The van der Waals surface area contributed by atoms with E-state index in [1.54, 1.807) is 24.1 Å². The van der Waals surface area contributed by atoms with E-state index >= 15 is 0 Å². The van der Waals surface area contributed by atoms with Gasteiger partial charge in [-0.05, 0) is 30.5 Å². The van der Waals surface area contributed by atoms with Crippen LogP contribution in [0.1, 0.15) is 31.7 Å². The summed E-state index contributed by atoms with van der Waals surface area (Å²) in [5.41, 5.74) is 0.803. The zero-order valence-corrected chi connectivity index (χ0v) is 11.7. The molecule has 0 fully saturated rings.